The normalized spacial score (nSPS) is 10.7. The Morgan fingerprint density at radius 2 is 2.05 bits per heavy atom. The third-order valence-corrected chi connectivity index (χ3v) is 2.98. The van der Waals surface area contributed by atoms with E-state index >= 15 is 0 Å². The van der Waals surface area contributed by atoms with E-state index in [2.05, 4.69) is 15.1 Å². The number of hydrogen-bond acceptors (Lipinski definition) is 5. The first-order valence-electron chi connectivity index (χ1n) is 5.66. The van der Waals surface area contributed by atoms with Crippen molar-refractivity contribution < 1.29 is 8.91 Å². The smallest absolute Gasteiger partial charge is 0.260 e. The van der Waals surface area contributed by atoms with Crippen molar-refractivity contribution >= 4 is 17.3 Å². The van der Waals surface area contributed by atoms with Gasteiger partial charge in [-0.05, 0) is 24.3 Å². The van der Waals surface area contributed by atoms with Crippen LogP contribution in [0.15, 0.2) is 41.1 Å². The predicted molar refractivity (Wildman–Crippen MR) is 72.3 cm³/mol. The second kappa shape index (κ2) is 4.90. The molecule has 0 amide bonds. The van der Waals surface area contributed by atoms with Gasteiger partial charge in [0.05, 0.1) is 16.3 Å². The van der Waals surface area contributed by atoms with Gasteiger partial charge in [0.1, 0.15) is 11.5 Å². The van der Waals surface area contributed by atoms with Gasteiger partial charge in [-0.15, -0.1) is 0 Å². The first-order valence-corrected chi connectivity index (χ1v) is 6.03. The minimum absolute atomic E-state index is 0.0465. The molecule has 2 heterocycles. The standard InChI is InChI=1S/C13H8ClFN4O/c14-8-4-2-6-17-11(8)12-18-13(20-19-12)7-3-1-5-9(15)10(7)16/h1-6H,16H2. The summed E-state index contributed by atoms with van der Waals surface area (Å²) in [5.41, 5.74) is 6.32. The van der Waals surface area contributed by atoms with Gasteiger partial charge >= 0.3 is 0 Å². The molecule has 100 valence electrons. The van der Waals surface area contributed by atoms with Gasteiger partial charge < -0.3 is 10.3 Å². The fourth-order valence-electron chi connectivity index (χ4n) is 1.70. The maximum absolute atomic E-state index is 13.4. The van der Waals surface area contributed by atoms with Gasteiger partial charge in [0.2, 0.25) is 5.82 Å². The highest BCUT2D eigenvalue weighted by molar-refractivity contribution is 6.32. The number of pyridine rings is 1. The summed E-state index contributed by atoms with van der Waals surface area (Å²) in [7, 11) is 0. The third-order valence-electron chi connectivity index (χ3n) is 2.68. The molecule has 0 bridgehead atoms. The van der Waals surface area contributed by atoms with Crippen LogP contribution in [0.3, 0.4) is 0 Å². The fraction of sp³-hybridized carbons (Fsp3) is 0. The Kier molecular flexibility index (Phi) is 3.08. The summed E-state index contributed by atoms with van der Waals surface area (Å²) in [6.45, 7) is 0. The van der Waals surface area contributed by atoms with Crippen LogP contribution in [0.2, 0.25) is 5.02 Å². The van der Waals surface area contributed by atoms with E-state index in [0.29, 0.717) is 16.3 Å². The highest BCUT2D eigenvalue weighted by Gasteiger charge is 2.17. The summed E-state index contributed by atoms with van der Waals surface area (Å²) in [5.74, 6) is -0.217. The Morgan fingerprint density at radius 3 is 2.85 bits per heavy atom. The molecule has 5 nitrogen and oxygen atoms in total. The van der Waals surface area contributed by atoms with Crippen LogP contribution in [0.5, 0.6) is 0 Å². The Labute approximate surface area is 118 Å². The van der Waals surface area contributed by atoms with Crippen LogP contribution in [-0.4, -0.2) is 15.1 Å². The van der Waals surface area contributed by atoms with Crippen LogP contribution in [0.1, 0.15) is 0 Å². The molecule has 0 unspecified atom stereocenters. The van der Waals surface area contributed by atoms with Crippen LogP contribution in [-0.2, 0) is 0 Å². The number of rotatable bonds is 2. The van der Waals surface area contributed by atoms with E-state index in [4.69, 9.17) is 21.9 Å². The van der Waals surface area contributed by atoms with Crippen LogP contribution in [0.25, 0.3) is 23.0 Å². The number of benzene rings is 1. The molecule has 3 aromatic rings. The molecule has 20 heavy (non-hydrogen) atoms. The van der Waals surface area contributed by atoms with Crippen LogP contribution >= 0.6 is 11.6 Å². The highest BCUT2D eigenvalue weighted by atomic mass is 35.5. The number of nitrogens with two attached hydrogens (primary N) is 1. The minimum atomic E-state index is -0.543. The average molecular weight is 291 g/mol. The van der Waals surface area contributed by atoms with Gasteiger partial charge in [-0.1, -0.05) is 22.8 Å². The second-order valence-corrected chi connectivity index (χ2v) is 4.37. The molecule has 1 aromatic carbocycles. The lowest BCUT2D eigenvalue weighted by atomic mass is 10.2. The summed E-state index contributed by atoms with van der Waals surface area (Å²) in [4.78, 5) is 8.22. The van der Waals surface area contributed by atoms with Gasteiger partial charge in [-0.2, -0.15) is 4.98 Å². The van der Waals surface area contributed by atoms with Crippen molar-refractivity contribution in [3.05, 3.63) is 47.4 Å². The summed E-state index contributed by atoms with van der Waals surface area (Å²) >= 11 is 6.00. The van der Waals surface area contributed by atoms with Crippen molar-refractivity contribution in [1.82, 2.24) is 15.1 Å². The molecule has 0 aliphatic rings. The topological polar surface area (TPSA) is 77.8 Å². The number of aromatic nitrogens is 3. The monoisotopic (exact) mass is 290 g/mol. The van der Waals surface area contributed by atoms with Gasteiger partial charge in [0.25, 0.3) is 5.89 Å². The quantitative estimate of drug-likeness (QED) is 0.733. The zero-order chi connectivity index (χ0) is 14.1. The maximum Gasteiger partial charge on any atom is 0.260 e. The molecule has 0 atom stereocenters. The van der Waals surface area contributed by atoms with E-state index in [0.717, 1.165) is 0 Å². The number of nitrogen functional groups attached to an aromatic ring is 1. The number of hydrogen-bond donors (Lipinski definition) is 1. The molecule has 0 fully saturated rings. The minimum Gasteiger partial charge on any atom is -0.396 e. The van der Waals surface area contributed by atoms with E-state index in [1.165, 1.54) is 12.1 Å². The van der Waals surface area contributed by atoms with E-state index in [-0.39, 0.29) is 17.4 Å². The Bertz CT molecular complexity index is 775. The second-order valence-electron chi connectivity index (χ2n) is 3.96. The number of nitrogens with zero attached hydrogens (tertiary/aromatic N) is 3. The average Bonchev–Trinajstić information content (AvgIpc) is 2.92. The SMILES string of the molecule is Nc1c(F)cccc1-c1nc(-c2ncccc2Cl)no1. The Morgan fingerprint density at radius 1 is 1.20 bits per heavy atom. The Hall–Kier alpha value is -2.47. The lowest BCUT2D eigenvalue weighted by Crippen LogP contribution is -1.94. The summed E-state index contributed by atoms with van der Waals surface area (Å²) in [6.07, 6.45) is 1.56. The predicted octanol–water partition coefficient (Wildman–Crippen LogP) is 3.17. The van der Waals surface area contributed by atoms with Crippen molar-refractivity contribution in [3.63, 3.8) is 0 Å². The molecular weight excluding hydrogens is 283 g/mol. The number of anilines is 1. The largest absolute Gasteiger partial charge is 0.396 e. The van der Waals surface area contributed by atoms with Crippen molar-refractivity contribution in [2.75, 3.05) is 5.73 Å². The third kappa shape index (κ3) is 2.10. The van der Waals surface area contributed by atoms with E-state index in [9.17, 15) is 4.39 Å². The first kappa shape index (κ1) is 12.6. The summed E-state index contributed by atoms with van der Waals surface area (Å²) in [5, 5.41) is 4.18. The molecule has 2 N–H and O–H groups in total. The van der Waals surface area contributed by atoms with Crippen molar-refractivity contribution in [2.24, 2.45) is 0 Å². The van der Waals surface area contributed by atoms with Gasteiger partial charge in [0, 0.05) is 6.20 Å². The fourth-order valence-corrected chi connectivity index (χ4v) is 1.91. The Balaban J connectivity index is 2.07. The zero-order valence-corrected chi connectivity index (χ0v) is 10.8. The van der Waals surface area contributed by atoms with Gasteiger partial charge in [0.15, 0.2) is 0 Å². The molecule has 2 aromatic heterocycles. The van der Waals surface area contributed by atoms with Crippen LogP contribution in [0, 0.1) is 5.82 Å². The molecule has 0 aliphatic carbocycles. The molecule has 3 rings (SSSR count). The number of halogens is 2. The van der Waals surface area contributed by atoms with Crippen LogP contribution in [0.4, 0.5) is 10.1 Å². The summed E-state index contributed by atoms with van der Waals surface area (Å²) in [6, 6.07) is 7.72. The van der Waals surface area contributed by atoms with E-state index in [1.807, 2.05) is 0 Å². The molecule has 7 heteroatoms. The maximum atomic E-state index is 13.4. The highest BCUT2D eigenvalue weighted by Crippen LogP contribution is 2.29. The summed E-state index contributed by atoms with van der Waals surface area (Å²) < 4.78 is 18.5. The van der Waals surface area contributed by atoms with Gasteiger partial charge in [-0.3, -0.25) is 4.98 Å². The van der Waals surface area contributed by atoms with Crippen molar-refractivity contribution in [2.45, 2.75) is 0 Å². The lowest BCUT2D eigenvalue weighted by molar-refractivity contribution is 0.432. The molecule has 0 radical (unpaired) electrons. The van der Waals surface area contributed by atoms with E-state index in [1.54, 1.807) is 24.4 Å². The van der Waals surface area contributed by atoms with Crippen LogP contribution < -0.4 is 5.73 Å². The molecular formula is C13H8ClFN4O. The molecule has 0 spiro atoms. The first-order chi connectivity index (χ1) is 9.66. The van der Waals surface area contributed by atoms with Crippen molar-refractivity contribution in [3.8, 4) is 23.0 Å². The van der Waals surface area contributed by atoms with Gasteiger partial charge in [-0.25, -0.2) is 4.39 Å². The van der Waals surface area contributed by atoms with E-state index < -0.39 is 5.82 Å². The lowest BCUT2D eigenvalue weighted by Gasteiger charge is -2.00. The molecule has 0 aliphatic heterocycles. The number of para-hydroxylation sites is 1. The molecule has 0 saturated heterocycles. The zero-order valence-electron chi connectivity index (χ0n) is 10.0. The van der Waals surface area contributed by atoms with Crippen molar-refractivity contribution in [1.29, 1.82) is 0 Å². The molecule has 0 saturated carbocycles.